The number of aromatic nitrogens is 2. The minimum absolute atomic E-state index is 1.03. The highest BCUT2D eigenvalue weighted by molar-refractivity contribution is 5.89. The summed E-state index contributed by atoms with van der Waals surface area (Å²) in [7, 11) is 2.20. The van der Waals surface area contributed by atoms with Crippen molar-refractivity contribution in [1.29, 1.82) is 0 Å². The van der Waals surface area contributed by atoms with Gasteiger partial charge in [0.15, 0.2) is 0 Å². The second-order valence-electron chi connectivity index (χ2n) is 6.41. The number of rotatable bonds is 2. The molecule has 0 saturated heterocycles. The van der Waals surface area contributed by atoms with Gasteiger partial charge in [0.1, 0.15) is 0 Å². The van der Waals surface area contributed by atoms with Crippen molar-refractivity contribution in [1.82, 2.24) is 14.5 Å². The topological polar surface area (TPSA) is 21.1 Å². The van der Waals surface area contributed by atoms with Crippen molar-refractivity contribution < 1.29 is 0 Å². The lowest BCUT2D eigenvalue weighted by molar-refractivity contribution is 0.312. The van der Waals surface area contributed by atoms with E-state index in [0.29, 0.717) is 0 Å². The molecule has 4 rings (SSSR count). The maximum Gasteiger partial charge on any atom is 0.0528 e. The van der Waals surface area contributed by atoms with E-state index in [-0.39, 0.29) is 0 Å². The largest absolute Gasteiger partial charge is 0.320 e. The fourth-order valence-corrected chi connectivity index (χ4v) is 3.45. The van der Waals surface area contributed by atoms with Gasteiger partial charge in [-0.25, -0.2) is 0 Å². The molecule has 3 heteroatoms. The van der Waals surface area contributed by atoms with Crippen LogP contribution < -0.4 is 0 Å². The van der Waals surface area contributed by atoms with Crippen molar-refractivity contribution in [2.24, 2.45) is 0 Å². The summed E-state index contributed by atoms with van der Waals surface area (Å²) in [6.07, 6.45) is 9.14. The van der Waals surface area contributed by atoms with Gasteiger partial charge in [-0.15, -0.1) is 0 Å². The Bertz CT molecular complexity index is 875. The molecule has 116 valence electrons. The number of nitrogens with zero attached hydrogens (tertiary/aromatic N) is 3. The van der Waals surface area contributed by atoms with Crippen molar-refractivity contribution in [3.05, 3.63) is 65.1 Å². The lowest BCUT2D eigenvalue weighted by Gasteiger charge is -2.23. The van der Waals surface area contributed by atoms with E-state index in [0.717, 1.165) is 25.1 Å². The van der Waals surface area contributed by atoms with Gasteiger partial charge in [-0.1, -0.05) is 17.7 Å². The highest BCUT2D eigenvalue weighted by Gasteiger charge is 2.21. The molecule has 3 aromatic rings. The molecule has 0 unspecified atom stereocenters. The van der Waals surface area contributed by atoms with Gasteiger partial charge in [0.2, 0.25) is 0 Å². The number of hydrogen-bond donors (Lipinski definition) is 0. The van der Waals surface area contributed by atoms with Crippen LogP contribution in [0, 0.1) is 6.92 Å². The second kappa shape index (κ2) is 5.67. The predicted octanol–water partition coefficient (Wildman–Crippen LogP) is 3.96. The zero-order chi connectivity index (χ0) is 15.8. The molecule has 23 heavy (non-hydrogen) atoms. The van der Waals surface area contributed by atoms with E-state index in [9.17, 15) is 0 Å². The molecule has 0 fully saturated rings. The van der Waals surface area contributed by atoms with E-state index in [2.05, 4.69) is 65.0 Å². The third-order valence-electron chi connectivity index (χ3n) is 4.63. The molecule has 3 heterocycles. The highest BCUT2D eigenvalue weighted by Crippen LogP contribution is 2.31. The van der Waals surface area contributed by atoms with Crippen LogP contribution in [0.4, 0.5) is 0 Å². The summed E-state index contributed by atoms with van der Waals surface area (Å²) in [5.41, 5.74) is 6.68. The molecule has 0 bridgehead atoms. The normalized spacial score (nSPS) is 15.4. The Kier molecular flexibility index (Phi) is 3.50. The van der Waals surface area contributed by atoms with Gasteiger partial charge in [-0.2, -0.15) is 0 Å². The standard InChI is InChI=1S/C20H21N3/c1-15-5-6-19-17(12-15)18-14-22(2)10-8-20(18)23(19)11-7-16-4-3-9-21-13-16/h3-7,9,11-13H,8,10,14H2,1-2H3/b11-7-. The summed E-state index contributed by atoms with van der Waals surface area (Å²) in [5.74, 6) is 0. The van der Waals surface area contributed by atoms with E-state index in [1.54, 1.807) is 0 Å². The number of hydrogen-bond acceptors (Lipinski definition) is 2. The third-order valence-corrected chi connectivity index (χ3v) is 4.63. The highest BCUT2D eigenvalue weighted by atomic mass is 15.1. The molecule has 0 N–H and O–H groups in total. The van der Waals surface area contributed by atoms with Gasteiger partial charge in [-0.05, 0) is 49.4 Å². The lowest BCUT2D eigenvalue weighted by Crippen LogP contribution is -2.26. The van der Waals surface area contributed by atoms with Crippen LogP contribution in [0.2, 0.25) is 0 Å². The molecule has 1 aliphatic heterocycles. The average molecular weight is 303 g/mol. The lowest BCUT2D eigenvalue weighted by atomic mass is 10.0. The van der Waals surface area contributed by atoms with Gasteiger partial charge in [0, 0.05) is 49.2 Å². The molecule has 0 aliphatic carbocycles. The van der Waals surface area contributed by atoms with E-state index in [1.165, 1.54) is 27.7 Å². The molecule has 0 atom stereocenters. The van der Waals surface area contributed by atoms with Crippen LogP contribution in [0.15, 0.2) is 42.7 Å². The number of benzene rings is 1. The zero-order valence-corrected chi connectivity index (χ0v) is 13.7. The van der Waals surface area contributed by atoms with Crippen LogP contribution in [0.1, 0.15) is 22.4 Å². The summed E-state index contributed by atoms with van der Waals surface area (Å²) in [4.78, 5) is 6.59. The summed E-state index contributed by atoms with van der Waals surface area (Å²) in [5, 5.41) is 1.39. The number of pyridine rings is 1. The van der Waals surface area contributed by atoms with Gasteiger partial charge in [-0.3, -0.25) is 4.98 Å². The molecule has 3 nitrogen and oxygen atoms in total. The van der Waals surface area contributed by atoms with Gasteiger partial charge >= 0.3 is 0 Å². The summed E-state index contributed by atoms with van der Waals surface area (Å²) >= 11 is 0. The van der Waals surface area contributed by atoms with Gasteiger partial charge < -0.3 is 9.47 Å². The molecular weight excluding hydrogens is 282 g/mol. The minimum atomic E-state index is 1.03. The smallest absolute Gasteiger partial charge is 0.0528 e. The first-order valence-electron chi connectivity index (χ1n) is 8.11. The molecule has 0 spiro atoms. The first-order chi connectivity index (χ1) is 11.2. The van der Waals surface area contributed by atoms with Crippen LogP contribution in [-0.4, -0.2) is 28.0 Å². The summed E-state index contributed by atoms with van der Waals surface area (Å²) < 4.78 is 2.37. The first kappa shape index (κ1) is 14.2. The Morgan fingerprint density at radius 1 is 1.22 bits per heavy atom. The Hall–Kier alpha value is -2.39. The van der Waals surface area contributed by atoms with Gasteiger partial charge in [0.25, 0.3) is 0 Å². The molecule has 0 radical (unpaired) electrons. The summed E-state index contributed by atoms with van der Waals surface area (Å²) in [6, 6.07) is 10.8. The molecule has 2 aromatic heterocycles. The van der Waals surface area contributed by atoms with Crippen molar-refractivity contribution in [3.8, 4) is 0 Å². The van der Waals surface area contributed by atoms with Crippen LogP contribution in [0.5, 0.6) is 0 Å². The van der Waals surface area contributed by atoms with E-state index < -0.39 is 0 Å². The maximum atomic E-state index is 4.19. The van der Waals surface area contributed by atoms with Crippen LogP contribution in [0.25, 0.3) is 23.2 Å². The number of fused-ring (bicyclic) bond motifs is 3. The zero-order valence-electron chi connectivity index (χ0n) is 13.7. The quantitative estimate of drug-likeness (QED) is 0.714. The Balaban J connectivity index is 1.87. The average Bonchev–Trinajstić information content (AvgIpc) is 2.86. The Morgan fingerprint density at radius 3 is 2.96 bits per heavy atom. The predicted molar refractivity (Wildman–Crippen MR) is 96.2 cm³/mol. The first-order valence-corrected chi connectivity index (χ1v) is 8.11. The third kappa shape index (κ3) is 2.57. The second-order valence-corrected chi connectivity index (χ2v) is 6.41. The van der Waals surface area contributed by atoms with Crippen LogP contribution >= 0.6 is 0 Å². The fraction of sp³-hybridized carbons (Fsp3) is 0.250. The van der Waals surface area contributed by atoms with Crippen molar-refractivity contribution in [2.45, 2.75) is 19.9 Å². The summed E-state index contributed by atoms with van der Waals surface area (Å²) in [6.45, 7) is 4.31. The molecule has 0 amide bonds. The van der Waals surface area contributed by atoms with Crippen molar-refractivity contribution in [2.75, 3.05) is 13.6 Å². The molecule has 0 saturated carbocycles. The fourth-order valence-electron chi connectivity index (χ4n) is 3.45. The number of likely N-dealkylation sites (N-methyl/N-ethyl adjacent to an activating group) is 1. The Labute approximate surface area is 136 Å². The van der Waals surface area contributed by atoms with Crippen molar-refractivity contribution >= 4 is 23.2 Å². The maximum absolute atomic E-state index is 4.19. The molecule has 1 aliphatic rings. The van der Waals surface area contributed by atoms with Crippen molar-refractivity contribution in [3.63, 3.8) is 0 Å². The molecular formula is C20H21N3. The number of aryl methyl sites for hydroxylation is 1. The van der Waals surface area contributed by atoms with E-state index in [4.69, 9.17) is 0 Å². The van der Waals surface area contributed by atoms with E-state index in [1.807, 2.05) is 18.5 Å². The molecule has 1 aromatic carbocycles. The SMILES string of the molecule is Cc1ccc2c(c1)c1c(n2/C=C\c2cccnc2)CCN(C)C1. The van der Waals surface area contributed by atoms with Crippen LogP contribution in [-0.2, 0) is 13.0 Å². The minimum Gasteiger partial charge on any atom is -0.320 e. The monoisotopic (exact) mass is 303 g/mol. The van der Waals surface area contributed by atoms with Crippen LogP contribution in [0.3, 0.4) is 0 Å². The van der Waals surface area contributed by atoms with E-state index >= 15 is 0 Å². The van der Waals surface area contributed by atoms with Gasteiger partial charge in [0.05, 0.1) is 5.52 Å². The Morgan fingerprint density at radius 2 is 2.13 bits per heavy atom.